The quantitative estimate of drug-likeness (QED) is 0.404. The third-order valence-corrected chi connectivity index (χ3v) is 5.41. The lowest BCUT2D eigenvalue weighted by atomic mass is 9.93. The highest BCUT2D eigenvalue weighted by Crippen LogP contribution is 2.40. The molecule has 5 nitrogen and oxygen atoms in total. The van der Waals surface area contributed by atoms with Crippen LogP contribution in [0.1, 0.15) is 33.9 Å². The van der Waals surface area contributed by atoms with Gasteiger partial charge in [0.25, 0.3) is 11.7 Å². The fourth-order valence-electron chi connectivity index (χ4n) is 3.85. The van der Waals surface area contributed by atoms with Crippen molar-refractivity contribution in [1.82, 2.24) is 9.88 Å². The van der Waals surface area contributed by atoms with Gasteiger partial charge in [0.15, 0.2) is 0 Å². The van der Waals surface area contributed by atoms with E-state index in [0.717, 1.165) is 22.3 Å². The van der Waals surface area contributed by atoms with Crippen LogP contribution in [0.5, 0.6) is 0 Å². The number of ketones is 1. The first-order valence-corrected chi connectivity index (χ1v) is 9.77. The molecular formula is C25H22N2O3. The van der Waals surface area contributed by atoms with Crippen molar-refractivity contribution in [2.75, 3.05) is 0 Å². The second-order valence-electron chi connectivity index (χ2n) is 7.51. The van der Waals surface area contributed by atoms with Crippen molar-refractivity contribution in [3.63, 3.8) is 0 Å². The Kier molecular flexibility index (Phi) is 5.19. The fourth-order valence-corrected chi connectivity index (χ4v) is 3.85. The van der Waals surface area contributed by atoms with Gasteiger partial charge in [-0.15, -0.1) is 0 Å². The summed E-state index contributed by atoms with van der Waals surface area (Å²) in [5, 5.41) is 11.2. The van der Waals surface area contributed by atoms with Crippen LogP contribution in [0.25, 0.3) is 5.76 Å². The van der Waals surface area contributed by atoms with Gasteiger partial charge in [0, 0.05) is 24.5 Å². The number of nitrogens with zero attached hydrogens (tertiary/aromatic N) is 2. The van der Waals surface area contributed by atoms with Crippen molar-refractivity contribution in [3.8, 4) is 0 Å². The number of aryl methyl sites for hydroxylation is 2. The summed E-state index contributed by atoms with van der Waals surface area (Å²) < 4.78 is 0. The number of aromatic nitrogens is 1. The fraction of sp³-hybridized carbons (Fsp3) is 0.160. The normalized spacial score (nSPS) is 18.1. The maximum absolute atomic E-state index is 13.1. The maximum atomic E-state index is 13.1. The average molecular weight is 398 g/mol. The Morgan fingerprint density at radius 2 is 1.70 bits per heavy atom. The zero-order valence-corrected chi connectivity index (χ0v) is 16.9. The van der Waals surface area contributed by atoms with Crippen molar-refractivity contribution in [3.05, 3.63) is 106 Å². The number of likely N-dealkylation sites (tertiary alicyclic amines) is 1. The van der Waals surface area contributed by atoms with Crippen molar-refractivity contribution in [1.29, 1.82) is 0 Å². The molecule has 1 saturated heterocycles. The third kappa shape index (κ3) is 3.50. The molecule has 1 atom stereocenters. The summed E-state index contributed by atoms with van der Waals surface area (Å²) in [6, 6.07) is 18.0. The zero-order valence-electron chi connectivity index (χ0n) is 16.9. The lowest BCUT2D eigenvalue weighted by molar-refractivity contribution is -0.140. The first-order valence-electron chi connectivity index (χ1n) is 9.77. The molecule has 30 heavy (non-hydrogen) atoms. The van der Waals surface area contributed by atoms with E-state index in [4.69, 9.17) is 0 Å². The average Bonchev–Trinajstić information content (AvgIpc) is 3.01. The van der Waals surface area contributed by atoms with Crippen LogP contribution in [0.15, 0.2) is 78.6 Å². The molecule has 5 heteroatoms. The lowest BCUT2D eigenvalue weighted by Crippen LogP contribution is -2.29. The van der Waals surface area contributed by atoms with Gasteiger partial charge >= 0.3 is 0 Å². The summed E-state index contributed by atoms with van der Waals surface area (Å²) in [7, 11) is 0. The van der Waals surface area contributed by atoms with E-state index in [0.29, 0.717) is 5.56 Å². The van der Waals surface area contributed by atoms with E-state index in [9.17, 15) is 14.7 Å². The molecule has 2 heterocycles. The molecule has 1 amide bonds. The standard InChI is InChI=1S/C25H22N2O3/c1-16-8-9-17(2)20(14-16)23(28)21-22(19-10-12-26-13-11-19)27(25(30)24(21)29)15-18-6-4-3-5-7-18/h3-14,22,28H,15H2,1-2H3. The number of benzene rings is 2. The first kappa shape index (κ1) is 19.6. The maximum Gasteiger partial charge on any atom is 0.295 e. The van der Waals surface area contributed by atoms with Crippen LogP contribution in [0.4, 0.5) is 0 Å². The zero-order chi connectivity index (χ0) is 21.3. The molecule has 3 aromatic rings. The summed E-state index contributed by atoms with van der Waals surface area (Å²) in [4.78, 5) is 31.7. The molecule has 0 spiro atoms. The van der Waals surface area contributed by atoms with Crippen molar-refractivity contribution in [2.45, 2.75) is 26.4 Å². The molecule has 1 fully saturated rings. The molecule has 4 rings (SSSR count). The van der Waals surface area contributed by atoms with Crippen LogP contribution in [-0.4, -0.2) is 26.7 Å². The first-order chi connectivity index (χ1) is 14.5. The van der Waals surface area contributed by atoms with Crippen LogP contribution >= 0.6 is 0 Å². The molecule has 0 bridgehead atoms. The number of hydrogen-bond acceptors (Lipinski definition) is 4. The van der Waals surface area contributed by atoms with Gasteiger partial charge in [-0.2, -0.15) is 0 Å². The van der Waals surface area contributed by atoms with Gasteiger partial charge < -0.3 is 10.0 Å². The molecule has 1 N–H and O–H groups in total. The summed E-state index contributed by atoms with van der Waals surface area (Å²) in [6.45, 7) is 4.06. The number of aliphatic hydroxyl groups excluding tert-OH is 1. The Hall–Kier alpha value is -3.73. The van der Waals surface area contributed by atoms with Gasteiger partial charge in [-0.05, 0) is 48.7 Å². The SMILES string of the molecule is Cc1ccc(C)c(C(O)=C2C(=O)C(=O)N(Cc3ccccc3)C2c2ccncc2)c1. The number of amides is 1. The predicted octanol–water partition coefficient (Wildman–Crippen LogP) is 4.32. The number of rotatable bonds is 4. The van der Waals surface area contributed by atoms with Crippen molar-refractivity contribution in [2.24, 2.45) is 0 Å². The second kappa shape index (κ2) is 7.95. The minimum Gasteiger partial charge on any atom is -0.507 e. The Labute approximate surface area is 175 Å². The van der Waals surface area contributed by atoms with Gasteiger partial charge in [-0.25, -0.2) is 0 Å². The molecule has 0 radical (unpaired) electrons. The number of pyridine rings is 1. The second-order valence-corrected chi connectivity index (χ2v) is 7.51. The number of carbonyl (C=O) groups excluding carboxylic acids is 2. The van der Waals surface area contributed by atoms with Crippen LogP contribution < -0.4 is 0 Å². The minimum absolute atomic E-state index is 0.107. The highest BCUT2D eigenvalue weighted by molar-refractivity contribution is 6.46. The summed E-state index contributed by atoms with van der Waals surface area (Å²) in [5.74, 6) is -1.44. The molecule has 0 aliphatic carbocycles. The molecule has 150 valence electrons. The topological polar surface area (TPSA) is 70.5 Å². The van der Waals surface area contributed by atoms with Gasteiger partial charge in [0.1, 0.15) is 5.76 Å². The molecule has 0 saturated carbocycles. The van der Waals surface area contributed by atoms with Crippen LogP contribution in [-0.2, 0) is 16.1 Å². The van der Waals surface area contributed by atoms with E-state index < -0.39 is 17.7 Å². The van der Waals surface area contributed by atoms with Gasteiger partial charge in [0.05, 0.1) is 11.6 Å². The van der Waals surface area contributed by atoms with Crippen LogP contribution in [0.2, 0.25) is 0 Å². The van der Waals surface area contributed by atoms with E-state index in [1.54, 1.807) is 24.5 Å². The van der Waals surface area contributed by atoms with Crippen molar-refractivity contribution >= 4 is 17.4 Å². The summed E-state index contributed by atoms with van der Waals surface area (Å²) in [6.07, 6.45) is 3.24. The summed E-state index contributed by atoms with van der Waals surface area (Å²) in [5.41, 5.74) is 4.10. The molecule has 1 aliphatic rings. The molecule has 1 aliphatic heterocycles. The molecule has 1 aromatic heterocycles. The Morgan fingerprint density at radius 3 is 2.40 bits per heavy atom. The van der Waals surface area contributed by atoms with Gasteiger partial charge in [-0.3, -0.25) is 14.6 Å². The largest absolute Gasteiger partial charge is 0.507 e. The van der Waals surface area contributed by atoms with E-state index in [-0.39, 0.29) is 17.9 Å². The number of Topliss-reactive ketones (excluding diaryl/α,β-unsaturated/α-hetero) is 1. The van der Waals surface area contributed by atoms with E-state index in [1.807, 2.05) is 62.4 Å². The third-order valence-electron chi connectivity index (χ3n) is 5.41. The Balaban J connectivity index is 1.89. The monoisotopic (exact) mass is 398 g/mol. The predicted molar refractivity (Wildman–Crippen MR) is 114 cm³/mol. The van der Waals surface area contributed by atoms with Gasteiger partial charge in [-0.1, -0.05) is 48.0 Å². The van der Waals surface area contributed by atoms with E-state index in [2.05, 4.69) is 4.98 Å². The number of hydrogen-bond donors (Lipinski definition) is 1. The van der Waals surface area contributed by atoms with E-state index >= 15 is 0 Å². The van der Waals surface area contributed by atoms with Crippen molar-refractivity contribution < 1.29 is 14.7 Å². The van der Waals surface area contributed by atoms with Crippen LogP contribution in [0.3, 0.4) is 0 Å². The van der Waals surface area contributed by atoms with Gasteiger partial charge in [0.2, 0.25) is 0 Å². The Bertz CT molecular complexity index is 1140. The summed E-state index contributed by atoms with van der Waals surface area (Å²) >= 11 is 0. The minimum atomic E-state index is -0.687. The number of aliphatic hydroxyl groups is 1. The molecule has 2 aromatic carbocycles. The highest BCUT2D eigenvalue weighted by atomic mass is 16.3. The smallest absolute Gasteiger partial charge is 0.295 e. The number of carbonyl (C=O) groups is 2. The van der Waals surface area contributed by atoms with Crippen LogP contribution in [0, 0.1) is 13.8 Å². The Morgan fingerprint density at radius 1 is 1.00 bits per heavy atom. The lowest BCUT2D eigenvalue weighted by Gasteiger charge is -2.25. The van der Waals surface area contributed by atoms with E-state index in [1.165, 1.54) is 4.90 Å². The molecule has 1 unspecified atom stereocenters. The highest BCUT2D eigenvalue weighted by Gasteiger charge is 2.46. The molecular weight excluding hydrogens is 376 g/mol.